The third kappa shape index (κ3) is 8.75. The molecule has 0 spiro atoms. The predicted octanol–water partition coefficient (Wildman–Crippen LogP) is 6.48. The summed E-state index contributed by atoms with van der Waals surface area (Å²) >= 11 is 0. The summed E-state index contributed by atoms with van der Waals surface area (Å²) in [5, 5.41) is 18.8. The molecule has 0 radical (unpaired) electrons. The summed E-state index contributed by atoms with van der Waals surface area (Å²) in [5.74, 6) is -0.636. The number of benzene rings is 2. The molecule has 1 aliphatic rings. The van der Waals surface area contributed by atoms with E-state index in [-0.39, 0.29) is 18.0 Å². The number of para-hydroxylation sites is 1. The van der Waals surface area contributed by atoms with E-state index in [9.17, 15) is 14.4 Å². The van der Waals surface area contributed by atoms with Gasteiger partial charge in [-0.1, -0.05) is 54.8 Å². The lowest BCUT2D eigenvalue weighted by atomic mass is 10.0. The Bertz CT molecular complexity index is 2050. The first-order valence-corrected chi connectivity index (χ1v) is 18.3. The minimum atomic E-state index is -0.778. The lowest BCUT2D eigenvalue weighted by molar-refractivity contribution is -0.144. The summed E-state index contributed by atoms with van der Waals surface area (Å²) < 4.78 is 14.1. The van der Waals surface area contributed by atoms with Gasteiger partial charge in [0.15, 0.2) is 6.04 Å². The number of rotatable bonds is 12. The molecule has 14 heteroatoms. The first-order valence-electron chi connectivity index (χ1n) is 18.3. The molecule has 0 saturated carbocycles. The van der Waals surface area contributed by atoms with Gasteiger partial charge in [0.1, 0.15) is 17.0 Å². The zero-order valence-corrected chi connectivity index (χ0v) is 31.4. The predicted molar refractivity (Wildman–Crippen MR) is 200 cm³/mol. The number of nitrogens with one attached hydrogen (secondary N) is 1. The van der Waals surface area contributed by atoms with Crippen molar-refractivity contribution in [3.8, 4) is 22.5 Å². The van der Waals surface area contributed by atoms with E-state index in [1.165, 1.54) is 11.8 Å². The van der Waals surface area contributed by atoms with Gasteiger partial charge in [0, 0.05) is 66.4 Å². The van der Waals surface area contributed by atoms with Crippen LogP contribution in [0.25, 0.3) is 33.4 Å². The Morgan fingerprint density at radius 1 is 0.887 bits per heavy atom. The number of aromatic nitrogens is 7. The van der Waals surface area contributed by atoms with Crippen LogP contribution in [0.2, 0.25) is 0 Å². The van der Waals surface area contributed by atoms with Gasteiger partial charge in [-0.25, -0.2) is 19.0 Å². The molecule has 1 N–H and O–H groups in total. The highest BCUT2D eigenvalue weighted by Gasteiger charge is 2.30. The summed E-state index contributed by atoms with van der Waals surface area (Å²) in [4.78, 5) is 46.5. The molecule has 4 heterocycles. The molecule has 53 heavy (non-hydrogen) atoms. The molecule has 2 amide bonds. The second-order valence-electron chi connectivity index (χ2n) is 14.7. The molecular formula is C39H49N9O5. The molecule has 280 valence electrons. The summed E-state index contributed by atoms with van der Waals surface area (Å²) in [5.41, 5.74) is 4.17. The number of H-pyrrole nitrogens is 1. The van der Waals surface area contributed by atoms with Crippen molar-refractivity contribution in [2.45, 2.75) is 84.4 Å². The van der Waals surface area contributed by atoms with Crippen molar-refractivity contribution in [1.82, 2.24) is 44.8 Å². The van der Waals surface area contributed by atoms with Crippen LogP contribution in [-0.4, -0.2) is 102 Å². The maximum Gasteiger partial charge on any atom is 0.410 e. The molecule has 5 aromatic rings. The number of carbonyl (C=O) groups is 3. The highest BCUT2D eigenvalue weighted by Crippen LogP contribution is 2.30. The van der Waals surface area contributed by atoms with Crippen molar-refractivity contribution in [2.24, 2.45) is 0 Å². The van der Waals surface area contributed by atoms with Gasteiger partial charge in [-0.15, -0.1) is 10.2 Å². The van der Waals surface area contributed by atoms with Gasteiger partial charge in [-0.2, -0.15) is 0 Å². The number of carbonyl (C=O) groups excluding carboxylic acids is 3. The minimum absolute atomic E-state index is 0.167. The number of methoxy groups -OCH3 is 1. The van der Waals surface area contributed by atoms with Gasteiger partial charge in [0.25, 0.3) is 5.91 Å². The molecule has 0 unspecified atom stereocenters. The van der Waals surface area contributed by atoms with Gasteiger partial charge >= 0.3 is 12.1 Å². The van der Waals surface area contributed by atoms with Gasteiger partial charge in [-0.3, -0.25) is 4.79 Å². The van der Waals surface area contributed by atoms with Crippen LogP contribution in [0.15, 0.2) is 61.1 Å². The van der Waals surface area contributed by atoms with E-state index >= 15 is 0 Å². The number of unbranched alkanes of at least 4 members (excludes halogenated alkanes) is 2. The van der Waals surface area contributed by atoms with E-state index < -0.39 is 17.6 Å². The van der Waals surface area contributed by atoms with Crippen LogP contribution in [0.5, 0.6) is 0 Å². The summed E-state index contributed by atoms with van der Waals surface area (Å²) in [6, 6.07) is 12.8. The lowest BCUT2D eigenvalue weighted by Crippen LogP contribution is -2.51. The van der Waals surface area contributed by atoms with Crippen molar-refractivity contribution in [3.05, 3.63) is 72.2 Å². The van der Waals surface area contributed by atoms with E-state index in [0.29, 0.717) is 60.7 Å². The topological polar surface area (TPSA) is 153 Å². The van der Waals surface area contributed by atoms with E-state index in [4.69, 9.17) is 9.47 Å². The molecule has 14 nitrogen and oxygen atoms in total. The fraction of sp³-hybridized carbons (Fsp3) is 0.462. The fourth-order valence-electron chi connectivity index (χ4n) is 6.59. The fourth-order valence-corrected chi connectivity index (χ4v) is 6.59. The number of nitrogens with zero attached hydrogens (tertiary/aromatic N) is 8. The Labute approximate surface area is 309 Å². The monoisotopic (exact) mass is 723 g/mol. The van der Waals surface area contributed by atoms with Crippen LogP contribution in [0.1, 0.15) is 88.3 Å². The number of aromatic amines is 1. The average Bonchev–Trinajstić information content (AvgIpc) is 3.93. The molecular weight excluding hydrogens is 674 g/mol. The first kappa shape index (κ1) is 37.2. The Hall–Kier alpha value is -5.53. The van der Waals surface area contributed by atoms with Crippen LogP contribution in [0, 0.1) is 0 Å². The molecule has 6 rings (SSSR count). The molecule has 1 saturated heterocycles. The third-order valence-electron chi connectivity index (χ3n) is 9.57. The molecule has 0 aliphatic carbocycles. The molecule has 2 aromatic carbocycles. The van der Waals surface area contributed by atoms with Crippen LogP contribution in [0.3, 0.4) is 0 Å². The molecule has 1 aliphatic heterocycles. The number of fused-ring (bicyclic) bond motifs is 1. The first-order chi connectivity index (χ1) is 25.4. The standard InChI is InChI=1S/C39H49N9O5/c1-7-8-9-12-26(2)47-24-33(41-43-47)27-19-28(21-29(20-27)36(49)45-15-17-46(18-16-45)38(51)53-39(3,4)5)34-25-48(44-42-34)35(37(50)52-6)22-30-23-40-32-14-11-10-13-31(30)32/h10-11,13-14,19-21,23-26,35,40H,7-9,12,15-18,22H2,1-6H3/t26-,35-/m0/s1. The van der Waals surface area contributed by atoms with Crippen LogP contribution >= 0.6 is 0 Å². The smallest absolute Gasteiger partial charge is 0.410 e. The quantitative estimate of drug-likeness (QED) is 0.113. The lowest BCUT2D eigenvalue weighted by Gasteiger charge is -2.35. The number of ether oxygens (including phenoxy) is 2. The van der Waals surface area contributed by atoms with Crippen molar-refractivity contribution >= 4 is 28.9 Å². The van der Waals surface area contributed by atoms with Crippen LogP contribution in [-0.2, 0) is 20.7 Å². The Balaban J connectivity index is 1.30. The van der Waals surface area contributed by atoms with Crippen molar-refractivity contribution in [1.29, 1.82) is 0 Å². The van der Waals surface area contributed by atoms with Gasteiger partial charge in [0.05, 0.1) is 25.5 Å². The highest BCUT2D eigenvalue weighted by atomic mass is 16.6. The maximum absolute atomic E-state index is 14.1. The SMILES string of the molecule is CCCCC[C@H](C)n1cc(-c2cc(C(=O)N3CCN(C(=O)OC(C)(C)C)CC3)cc(-c3cn([C@@H](Cc4c[nH]c5ccccc45)C(=O)OC)nn3)c2)nn1. The van der Waals surface area contributed by atoms with E-state index in [0.717, 1.165) is 42.1 Å². The molecule has 1 fully saturated rings. The van der Waals surface area contributed by atoms with Crippen LogP contribution < -0.4 is 0 Å². The number of amides is 2. The van der Waals surface area contributed by atoms with E-state index in [1.54, 1.807) is 22.1 Å². The Morgan fingerprint density at radius 2 is 1.53 bits per heavy atom. The van der Waals surface area contributed by atoms with Crippen molar-refractivity contribution in [2.75, 3.05) is 33.3 Å². The Morgan fingerprint density at radius 3 is 2.19 bits per heavy atom. The van der Waals surface area contributed by atoms with E-state index in [2.05, 4.69) is 39.5 Å². The Kier molecular flexibility index (Phi) is 11.2. The van der Waals surface area contributed by atoms with Crippen molar-refractivity contribution in [3.63, 3.8) is 0 Å². The number of esters is 1. The maximum atomic E-state index is 14.1. The summed E-state index contributed by atoms with van der Waals surface area (Å²) in [7, 11) is 1.36. The zero-order chi connectivity index (χ0) is 37.7. The molecule has 2 atom stereocenters. The normalized spacial score (nSPS) is 14.7. The van der Waals surface area contributed by atoms with Crippen molar-refractivity contribution < 1.29 is 23.9 Å². The average molecular weight is 724 g/mol. The number of hydrogen-bond donors (Lipinski definition) is 1. The molecule has 3 aromatic heterocycles. The van der Waals surface area contributed by atoms with E-state index in [1.807, 2.05) is 74.2 Å². The molecule has 0 bridgehead atoms. The summed E-state index contributed by atoms with van der Waals surface area (Å²) in [6.45, 7) is 11.2. The van der Waals surface area contributed by atoms with Gasteiger partial charge in [0.2, 0.25) is 0 Å². The highest BCUT2D eigenvalue weighted by molar-refractivity contribution is 5.97. The minimum Gasteiger partial charge on any atom is -0.467 e. The number of piperazine rings is 1. The second-order valence-corrected chi connectivity index (χ2v) is 14.7. The van der Waals surface area contributed by atoms with Gasteiger partial charge in [-0.05, 0) is 63.9 Å². The van der Waals surface area contributed by atoms with Gasteiger partial charge < -0.3 is 24.3 Å². The second kappa shape index (κ2) is 16.0. The zero-order valence-electron chi connectivity index (χ0n) is 31.4. The number of hydrogen-bond acceptors (Lipinski definition) is 9. The summed E-state index contributed by atoms with van der Waals surface area (Å²) in [6.07, 6.45) is 9.84. The third-order valence-corrected chi connectivity index (χ3v) is 9.57. The van der Waals surface area contributed by atoms with Crippen LogP contribution in [0.4, 0.5) is 4.79 Å². The largest absolute Gasteiger partial charge is 0.467 e.